The van der Waals surface area contributed by atoms with E-state index in [1.165, 1.54) is 19.2 Å². The Labute approximate surface area is 191 Å². The molecule has 12 heteroatoms. The minimum atomic E-state index is -4.29. The highest BCUT2D eigenvalue weighted by molar-refractivity contribution is 7.92. The first-order valence-electron chi connectivity index (χ1n) is 10.5. The van der Waals surface area contributed by atoms with Gasteiger partial charge in [0.25, 0.3) is 10.0 Å². The molecule has 0 aliphatic carbocycles. The van der Waals surface area contributed by atoms with Crippen molar-refractivity contribution in [3.8, 4) is 0 Å². The molecule has 2 aromatic rings. The van der Waals surface area contributed by atoms with Gasteiger partial charge in [0, 0.05) is 25.0 Å². The average molecular weight is 486 g/mol. The Balaban J connectivity index is 2.03. The number of anilines is 2. The summed E-state index contributed by atoms with van der Waals surface area (Å²) < 4.78 is 54.4. The zero-order chi connectivity index (χ0) is 24.7. The number of carbonyl (C=O) groups is 1. The molecule has 3 rings (SSSR count). The molecule has 1 aliphatic rings. The number of alkyl halides is 2. The van der Waals surface area contributed by atoms with Crippen molar-refractivity contribution in [2.24, 2.45) is 17.3 Å². The van der Waals surface area contributed by atoms with E-state index in [4.69, 9.17) is 0 Å². The van der Waals surface area contributed by atoms with Gasteiger partial charge in [-0.05, 0) is 24.8 Å². The van der Waals surface area contributed by atoms with Crippen LogP contribution in [0.3, 0.4) is 0 Å². The van der Waals surface area contributed by atoms with E-state index in [1.807, 2.05) is 20.8 Å². The van der Waals surface area contributed by atoms with Crippen molar-refractivity contribution < 1.29 is 27.1 Å². The Morgan fingerprint density at radius 3 is 2.58 bits per heavy atom. The van der Waals surface area contributed by atoms with E-state index in [-0.39, 0.29) is 46.7 Å². The molecule has 3 heterocycles. The first-order valence-corrected chi connectivity index (χ1v) is 12.0. The van der Waals surface area contributed by atoms with Gasteiger partial charge in [-0.1, -0.05) is 27.7 Å². The number of fused-ring (bicyclic) bond motifs is 1. The Kier molecular flexibility index (Phi) is 6.81. The molecule has 2 aromatic heterocycles. The first kappa shape index (κ1) is 25.0. The van der Waals surface area contributed by atoms with Crippen molar-refractivity contribution in [3.63, 3.8) is 0 Å². The van der Waals surface area contributed by atoms with E-state index in [9.17, 15) is 27.1 Å². The highest BCUT2D eigenvalue weighted by Gasteiger charge is 2.36. The van der Waals surface area contributed by atoms with E-state index >= 15 is 0 Å². The molecular formula is C21H29F2N5O4S. The second-order valence-electron chi connectivity index (χ2n) is 9.39. The molecule has 1 aliphatic heterocycles. The third-order valence-corrected chi connectivity index (χ3v) is 7.86. The Morgan fingerprint density at radius 1 is 1.36 bits per heavy atom. The molecule has 2 N–H and O–H groups in total. The zero-order valence-corrected chi connectivity index (χ0v) is 20.0. The molecule has 0 fully saturated rings. The van der Waals surface area contributed by atoms with Gasteiger partial charge in [-0.15, -0.1) is 0 Å². The van der Waals surface area contributed by atoms with Crippen molar-refractivity contribution >= 4 is 27.3 Å². The summed E-state index contributed by atoms with van der Waals surface area (Å²) >= 11 is 0. The van der Waals surface area contributed by atoms with E-state index in [1.54, 1.807) is 6.92 Å². The lowest BCUT2D eigenvalue weighted by atomic mass is 9.81. The van der Waals surface area contributed by atoms with Gasteiger partial charge in [-0.3, -0.25) is 14.1 Å². The topological polar surface area (TPSA) is 117 Å². The van der Waals surface area contributed by atoms with Crippen LogP contribution in [-0.2, 0) is 21.2 Å². The van der Waals surface area contributed by atoms with Crippen molar-refractivity contribution in [1.29, 1.82) is 0 Å². The van der Waals surface area contributed by atoms with Gasteiger partial charge in [0.05, 0.1) is 35.2 Å². The SMILES string of the molecule is Cc1nn(C(F)F)cc1S(=O)(=O)N1C[C@H](CO)Cc2ncc(NC(=O)C(C)C(C)(C)C)cc21. The van der Waals surface area contributed by atoms with Crippen molar-refractivity contribution in [1.82, 2.24) is 14.8 Å². The standard InChI is InChI=1S/C21H29F2N5O4S/c1-12(21(3,4)5)19(30)25-15-7-17-16(24-8-15)6-14(11-29)9-28(17)33(31,32)18-10-27(20(22)23)26-13(18)2/h7-8,10,12,14,20,29H,6,9,11H2,1-5H3,(H,25,30)/t12?,14-/m1/s1. The molecule has 2 atom stereocenters. The van der Waals surface area contributed by atoms with E-state index < -0.39 is 22.5 Å². The summed E-state index contributed by atoms with van der Waals surface area (Å²) in [5.41, 5.74) is 0.615. The minimum Gasteiger partial charge on any atom is -0.396 e. The van der Waals surface area contributed by atoms with Crippen LogP contribution in [0.15, 0.2) is 23.4 Å². The molecule has 0 spiro atoms. The molecular weight excluding hydrogens is 456 g/mol. The van der Waals surface area contributed by atoms with Gasteiger partial charge >= 0.3 is 6.55 Å². The number of nitrogens with one attached hydrogen (secondary N) is 1. The van der Waals surface area contributed by atoms with Crippen LogP contribution in [0.5, 0.6) is 0 Å². The maximum absolute atomic E-state index is 13.5. The summed E-state index contributed by atoms with van der Waals surface area (Å²) in [5, 5.41) is 16.1. The third kappa shape index (κ3) is 5.01. The lowest BCUT2D eigenvalue weighted by Gasteiger charge is -2.34. The minimum absolute atomic E-state index is 0.0669. The van der Waals surface area contributed by atoms with Crippen LogP contribution >= 0.6 is 0 Å². The van der Waals surface area contributed by atoms with Crippen LogP contribution in [0, 0.1) is 24.2 Å². The number of aliphatic hydroxyl groups excluding tert-OH is 1. The van der Waals surface area contributed by atoms with Crippen molar-refractivity contribution in [2.75, 3.05) is 22.8 Å². The average Bonchev–Trinajstić information content (AvgIpc) is 3.14. The van der Waals surface area contributed by atoms with E-state index in [2.05, 4.69) is 15.4 Å². The van der Waals surface area contributed by atoms with Crippen molar-refractivity contribution in [2.45, 2.75) is 52.5 Å². The van der Waals surface area contributed by atoms with Gasteiger partial charge in [0.2, 0.25) is 5.91 Å². The zero-order valence-electron chi connectivity index (χ0n) is 19.2. The van der Waals surface area contributed by atoms with Gasteiger partial charge in [-0.2, -0.15) is 13.9 Å². The molecule has 0 aromatic carbocycles. The van der Waals surface area contributed by atoms with Crippen LogP contribution in [-0.4, -0.2) is 47.3 Å². The highest BCUT2D eigenvalue weighted by atomic mass is 32.2. The number of hydrogen-bond donors (Lipinski definition) is 2. The quantitative estimate of drug-likeness (QED) is 0.650. The number of amides is 1. The Morgan fingerprint density at radius 2 is 2.03 bits per heavy atom. The van der Waals surface area contributed by atoms with Crippen LogP contribution in [0.1, 0.15) is 45.6 Å². The lowest BCUT2D eigenvalue weighted by molar-refractivity contribution is -0.122. The number of hydrogen-bond acceptors (Lipinski definition) is 6. The van der Waals surface area contributed by atoms with Gasteiger partial charge < -0.3 is 10.4 Å². The number of aliphatic hydroxyl groups is 1. The molecule has 33 heavy (non-hydrogen) atoms. The predicted molar refractivity (Wildman–Crippen MR) is 119 cm³/mol. The molecule has 9 nitrogen and oxygen atoms in total. The molecule has 0 saturated carbocycles. The number of pyridine rings is 1. The molecule has 182 valence electrons. The molecule has 0 saturated heterocycles. The van der Waals surface area contributed by atoms with Gasteiger partial charge in [-0.25, -0.2) is 13.1 Å². The van der Waals surface area contributed by atoms with Crippen LogP contribution < -0.4 is 9.62 Å². The fourth-order valence-electron chi connectivity index (χ4n) is 3.52. The number of nitrogens with zero attached hydrogens (tertiary/aromatic N) is 4. The van der Waals surface area contributed by atoms with Gasteiger partial charge in [0.1, 0.15) is 4.90 Å². The molecule has 0 radical (unpaired) electrons. The van der Waals surface area contributed by atoms with Crippen LogP contribution in [0.4, 0.5) is 20.2 Å². The number of halogens is 2. The smallest absolute Gasteiger partial charge is 0.333 e. The fraction of sp³-hybridized carbons (Fsp3) is 0.571. The Hall–Kier alpha value is -2.60. The predicted octanol–water partition coefficient (Wildman–Crippen LogP) is 2.96. The number of sulfonamides is 1. The second kappa shape index (κ2) is 8.98. The number of aryl methyl sites for hydroxylation is 1. The van der Waals surface area contributed by atoms with E-state index in [0.29, 0.717) is 22.5 Å². The normalized spacial score (nSPS) is 17.7. The summed E-state index contributed by atoms with van der Waals surface area (Å²) in [6.45, 7) is 5.62. The number of rotatable bonds is 6. The summed E-state index contributed by atoms with van der Waals surface area (Å²) in [4.78, 5) is 16.6. The third-order valence-electron chi connectivity index (χ3n) is 5.98. The molecule has 1 unspecified atom stereocenters. The molecule has 1 amide bonds. The monoisotopic (exact) mass is 485 g/mol. The van der Waals surface area contributed by atoms with Crippen molar-refractivity contribution in [3.05, 3.63) is 29.8 Å². The highest BCUT2D eigenvalue weighted by Crippen LogP contribution is 2.36. The maximum Gasteiger partial charge on any atom is 0.333 e. The van der Waals surface area contributed by atoms with E-state index in [0.717, 1.165) is 10.5 Å². The summed E-state index contributed by atoms with van der Waals surface area (Å²) in [7, 11) is -4.29. The summed E-state index contributed by atoms with van der Waals surface area (Å²) in [6, 6.07) is 1.51. The van der Waals surface area contributed by atoms with Crippen LogP contribution in [0.25, 0.3) is 0 Å². The maximum atomic E-state index is 13.5. The number of carbonyl (C=O) groups excluding carboxylic acids is 1. The first-order chi connectivity index (χ1) is 15.3. The fourth-order valence-corrected chi connectivity index (χ4v) is 5.24. The second-order valence-corrected chi connectivity index (χ2v) is 11.2. The van der Waals surface area contributed by atoms with Crippen LogP contribution in [0.2, 0.25) is 0 Å². The summed E-state index contributed by atoms with van der Waals surface area (Å²) in [6.07, 6.45) is 2.57. The molecule has 0 bridgehead atoms. The number of aromatic nitrogens is 3. The largest absolute Gasteiger partial charge is 0.396 e. The summed E-state index contributed by atoms with van der Waals surface area (Å²) in [5.74, 6) is -0.988. The van der Waals surface area contributed by atoms with Gasteiger partial charge in [0.15, 0.2) is 0 Å². The Bertz CT molecular complexity index is 1140. The lowest BCUT2D eigenvalue weighted by Crippen LogP contribution is -2.41.